The van der Waals surface area contributed by atoms with Crippen LogP contribution in [-0.2, 0) is 6.42 Å². The van der Waals surface area contributed by atoms with Gasteiger partial charge < -0.3 is 5.11 Å². The lowest BCUT2D eigenvalue weighted by Crippen LogP contribution is -1.99. The number of H-pyrrole nitrogens is 1. The van der Waals surface area contributed by atoms with Crippen molar-refractivity contribution in [2.24, 2.45) is 0 Å². The molecule has 0 saturated heterocycles. The molecule has 0 spiro atoms. The molecule has 0 fully saturated rings. The summed E-state index contributed by atoms with van der Waals surface area (Å²) in [5.41, 5.74) is 1.23. The van der Waals surface area contributed by atoms with Gasteiger partial charge in [-0.15, -0.1) is 0 Å². The Balaban J connectivity index is 2.39. The van der Waals surface area contributed by atoms with E-state index in [2.05, 4.69) is 10.2 Å². The number of hydrogen-bond donors (Lipinski definition) is 2. The Morgan fingerprint density at radius 2 is 2.11 bits per heavy atom. The number of carboxylic acid groups (broad SMARTS) is 1. The van der Waals surface area contributed by atoms with Crippen LogP contribution in [0.4, 0.5) is 8.78 Å². The lowest BCUT2D eigenvalue weighted by molar-refractivity contribution is 0.0690. The number of hydrogen-bond acceptors (Lipinski definition) is 2. The second kappa shape index (κ2) is 4.95. The number of nitrogens with one attached hydrogen (secondary N) is 1. The highest BCUT2D eigenvalue weighted by Gasteiger charge is 2.14. The van der Waals surface area contributed by atoms with Crippen LogP contribution in [0.3, 0.4) is 0 Å². The number of halogens is 2. The maximum atomic E-state index is 12.4. The van der Waals surface area contributed by atoms with Gasteiger partial charge >= 0.3 is 5.97 Å². The highest BCUT2D eigenvalue weighted by molar-refractivity contribution is 5.87. The first-order valence-electron chi connectivity index (χ1n) is 5.23. The molecule has 1 aromatic heterocycles. The maximum Gasteiger partial charge on any atom is 0.353 e. The van der Waals surface area contributed by atoms with Gasteiger partial charge in [-0.05, 0) is 11.6 Å². The maximum absolute atomic E-state index is 12.4. The van der Waals surface area contributed by atoms with Gasteiger partial charge in [0.1, 0.15) is 5.69 Å². The molecule has 18 heavy (non-hydrogen) atoms. The largest absolute Gasteiger partial charge is 0.477 e. The van der Waals surface area contributed by atoms with Gasteiger partial charge in [0.25, 0.3) is 0 Å². The van der Waals surface area contributed by atoms with Crippen LogP contribution in [0.15, 0.2) is 30.3 Å². The molecule has 0 bridgehead atoms. The summed E-state index contributed by atoms with van der Waals surface area (Å²) in [4.78, 5) is 10.7. The van der Waals surface area contributed by atoms with Gasteiger partial charge in [0.05, 0.1) is 5.69 Å². The predicted molar refractivity (Wildman–Crippen MR) is 60.7 cm³/mol. The number of aromatic carboxylic acids is 1. The average molecular weight is 252 g/mol. The summed E-state index contributed by atoms with van der Waals surface area (Å²) < 4.78 is 24.9. The first-order chi connectivity index (χ1) is 8.58. The molecule has 2 aromatic rings. The van der Waals surface area contributed by atoms with Gasteiger partial charge in [-0.2, -0.15) is 5.10 Å². The zero-order valence-electron chi connectivity index (χ0n) is 9.23. The number of carboxylic acids is 1. The zero-order valence-corrected chi connectivity index (χ0v) is 9.23. The van der Waals surface area contributed by atoms with E-state index in [9.17, 15) is 13.6 Å². The molecule has 2 N–H and O–H groups in total. The van der Waals surface area contributed by atoms with Crippen LogP contribution in [0.1, 0.15) is 16.1 Å². The van der Waals surface area contributed by atoms with E-state index in [-0.39, 0.29) is 12.1 Å². The van der Waals surface area contributed by atoms with E-state index in [0.29, 0.717) is 16.8 Å². The quantitative estimate of drug-likeness (QED) is 0.878. The van der Waals surface area contributed by atoms with E-state index in [4.69, 9.17) is 5.11 Å². The average Bonchev–Trinajstić information content (AvgIpc) is 2.78. The van der Waals surface area contributed by atoms with E-state index >= 15 is 0 Å². The number of alkyl halides is 2. The number of aromatic nitrogens is 2. The van der Waals surface area contributed by atoms with Gasteiger partial charge in [-0.1, -0.05) is 24.3 Å². The van der Waals surface area contributed by atoms with Gasteiger partial charge in [0.15, 0.2) is 0 Å². The van der Waals surface area contributed by atoms with Crippen LogP contribution in [0.25, 0.3) is 11.3 Å². The van der Waals surface area contributed by atoms with E-state index in [1.165, 1.54) is 6.07 Å². The second-order valence-corrected chi connectivity index (χ2v) is 3.72. The Hall–Kier alpha value is -2.24. The Kier molecular flexibility index (Phi) is 3.36. The molecule has 0 saturated carbocycles. The molecule has 4 nitrogen and oxygen atoms in total. The summed E-state index contributed by atoms with van der Waals surface area (Å²) in [6, 6.07) is 7.90. The molecule has 2 rings (SSSR count). The number of carbonyl (C=O) groups is 1. The van der Waals surface area contributed by atoms with Crippen LogP contribution >= 0.6 is 0 Å². The third-order valence-corrected chi connectivity index (χ3v) is 2.48. The molecule has 94 valence electrons. The Labute approximate surface area is 101 Å². The standard InChI is InChI=1S/C12H10F2N2O2/c13-11(14)5-7-3-1-2-4-8(7)9-6-10(12(17)18)16-15-9/h1-4,6,11H,5H2,(H,15,16)(H,17,18). The molecule has 0 aliphatic heterocycles. The fourth-order valence-electron chi connectivity index (χ4n) is 1.68. The van der Waals surface area contributed by atoms with Crippen molar-refractivity contribution in [3.05, 3.63) is 41.6 Å². The van der Waals surface area contributed by atoms with Gasteiger partial charge in [0.2, 0.25) is 6.43 Å². The monoisotopic (exact) mass is 252 g/mol. The highest BCUT2D eigenvalue weighted by Crippen LogP contribution is 2.24. The third kappa shape index (κ3) is 2.53. The van der Waals surface area contributed by atoms with Crippen molar-refractivity contribution < 1.29 is 18.7 Å². The summed E-state index contributed by atoms with van der Waals surface area (Å²) in [6.07, 6.45) is -2.84. The summed E-state index contributed by atoms with van der Waals surface area (Å²) >= 11 is 0. The minimum atomic E-state index is -2.45. The third-order valence-electron chi connectivity index (χ3n) is 2.48. The molecule has 0 aliphatic rings. The number of aromatic amines is 1. The zero-order chi connectivity index (χ0) is 13.1. The van der Waals surface area contributed by atoms with Crippen molar-refractivity contribution in [3.8, 4) is 11.3 Å². The number of nitrogens with zero attached hydrogens (tertiary/aromatic N) is 1. The molecule has 0 atom stereocenters. The summed E-state index contributed by atoms with van der Waals surface area (Å²) in [5.74, 6) is -1.14. The molecule has 0 amide bonds. The van der Waals surface area contributed by atoms with E-state index < -0.39 is 12.4 Å². The van der Waals surface area contributed by atoms with Crippen molar-refractivity contribution >= 4 is 5.97 Å². The van der Waals surface area contributed by atoms with Crippen LogP contribution in [0.2, 0.25) is 0 Å². The lowest BCUT2D eigenvalue weighted by Gasteiger charge is -2.06. The lowest BCUT2D eigenvalue weighted by atomic mass is 10.0. The Bertz CT molecular complexity index is 567. The first-order valence-corrected chi connectivity index (χ1v) is 5.23. The predicted octanol–water partition coefficient (Wildman–Crippen LogP) is 2.58. The van der Waals surface area contributed by atoms with Crippen LogP contribution < -0.4 is 0 Å². The number of benzene rings is 1. The van der Waals surface area contributed by atoms with E-state index in [1.807, 2.05) is 0 Å². The van der Waals surface area contributed by atoms with Crippen LogP contribution in [0, 0.1) is 0 Å². The topological polar surface area (TPSA) is 66.0 Å². The molecule has 6 heteroatoms. The van der Waals surface area contributed by atoms with Gasteiger partial charge in [-0.3, -0.25) is 5.10 Å². The molecule has 0 radical (unpaired) electrons. The highest BCUT2D eigenvalue weighted by atomic mass is 19.3. The molecule has 0 aliphatic carbocycles. The van der Waals surface area contributed by atoms with E-state index in [0.717, 1.165) is 0 Å². The minimum absolute atomic E-state index is 0.0724. The fourth-order valence-corrected chi connectivity index (χ4v) is 1.68. The molecule has 0 unspecified atom stereocenters. The molecule has 1 aromatic carbocycles. The molecular weight excluding hydrogens is 242 g/mol. The van der Waals surface area contributed by atoms with Crippen molar-refractivity contribution in [2.45, 2.75) is 12.8 Å². The molecular formula is C12H10F2N2O2. The summed E-state index contributed by atoms with van der Waals surface area (Å²) in [6.45, 7) is 0. The fraction of sp³-hybridized carbons (Fsp3) is 0.167. The second-order valence-electron chi connectivity index (χ2n) is 3.72. The summed E-state index contributed by atoms with van der Waals surface area (Å²) in [7, 11) is 0. The Morgan fingerprint density at radius 1 is 1.39 bits per heavy atom. The normalized spacial score (nSPS) is 10.8. The SMILES string of the molecule is O=C(O)c1cc(-c2ccccc2CC(F)F)n[nH]1. The van der Waals surface area contributed by atoms with Crippen molar-refractivity contribution in [3.63, 3.8) is 0 Å². The minimum Gasteiger partial charge on any atom is -0.477 e. The van der Waals surface area contributed by atoms with Gasteiger partial charge in [-0.25, -0.2) is 13.6 Å². The van der Waals surface area contributed by atoms with Crippen molar-refractivity contribution in [2.75, 3.05) is 0 Å². The van der Waals surface area contributed by atoms with Crippen LogP contribution in [0.5, 0.6) is 0 Å². The van der Waals surface area contributed by atoms with E-state index in [1.54, 1.807) is 24.3 Å². The van der Waals surface area contributed by atoms with Crippen molar-refractivity contribution in [1.29, 1.82) is 0 Å². The first kappa shape index (κ1) is 12.2. The Morgan fingerprint density at radius 3 is 2.72 bits per heavy atom. The van der Waals surface area contributed by atoms with Gasteiger partial charge in [0, 0.05) is 12.0 Å². The van der Waals surface area contributed by atoms with Crippen molar-refractivity contribution in [1.82, 2.24) is 10.2 Å². The number of rotatable bonds is 4. The molecule has 1 heterocycles. The smallest absolute Gasteiger partial charge is 0.353 e. The van der Waals surface area contributed by atoms with Crippen LogP contribution in [-0.4, -0.2) is 27.7 Å². The summed E-state index contributed by atoms with van der Waals surface area (Å²) in [5, 5.41) is 14.9.